The molecule has 148 valence electrons. The zero-order chi connectivity index (χ0) is 19.6. The van der Waals surface area contributed by atoms with Crippen LogP contribution >= 0.6 is 22.9 Å². The lowest BCUT2D eigenvalue weighted by atomic mass is 10.2. The van der Waals surface area contributed by atoms with Crippen molar-refractivity contribution >= 4 is 38.9 Å². The third-order valence-corrected chi connectivity index (χ3v) is 7.99. The molecule has 1 fully saturated rings. The average Bonchev–Trinajstić information content (AvgIpc) is 3.17. The van der Waals surface area contributed by atoms with Crippen molar-refractivity contribution in [2.24, 2.45) is 0 Å². The van der Waals surface area contributed by atoms with Crippen molar-refractivity contribution in [2.45, 2.75) is 51.1 Å². The molecule has 7 nitrogen and oxygen atoms in total. The van der Waals surface area contributed by atoms with Crippen LogP contribution in [-0.4, -0.2) is 41.5 Å². The number of nitrogens with one attached hydrogen (secondary N) is 1. The predicted molar refractivity (Wildman–Crippen MR) is 105 cm³/mol. The SMILES string of the molecule is Cc1nn(CC(=O)NCc2ccc(Cl)s2)c(C)c1S(=O)(=O)N1CCCCC1. The van der Waals surface area contributed by atoms with E-state index in [2.05, 4.69) is 10.4 Å². The number of aromatic nitrogens is 2. The van der Waals surface area contributed by atoms with Gasteiger partial charge in [0, 0.05) is 18.0 Å². The van der Waals surface area contributed by atoms with E-state index >= 15 is 0 Å². The monoisotopic (exact) mass is 430 g/mol. The largest absolute Gasteiger partial charge is 0.350 e. The zero-order valence-electron chi connectivity index (χ0n) is 15.4. The summed E-state index contributed by atoms with van der Waals surface area (Å²) < 4.78 is 29.7. The molecule has 0 spiro atoms. The molecule has 0 unspecified atom stereocenters. The summed E-state index contributed by atoms with van der Waals surface area (Å²) >= 11 is 7.29. The lowest BCUT2D eigenvalue weighted by Crippen LogP contribution is -2.36. The Morgan fingerprint density at radius 3 is 2.59 bits per heavy atom. The third kappa shape index (κ3) is 4.53. The highest BCUT2D eigenvalue weighted by molar-refractivity contribution is 7.89. The van der Waals surface area contributed by atoms with Gasteiger partial charge in [0.1, 0.15) is 11.4 Å². The van der Waals surface area contributed by atoms with E-state index in [0.717, 1.165) is 24.1 Å². The van der Waals surface area contributed by atoms with Gasteiger partial charge in [0.15, 0.2) is 0 Å². The van der Waals surface area contributed by atoms with E-state index in [4.69, 9.17) is 11.6 Å². The first-order valence-corrected chi connectivity index (χ1v) is 11.5. The molecule has 0 radical (unpaired) electrons. The second-order valence-electron chi connectivity index (χ2n) is 6.60. The molecule has 0 atom stereocenters. The minimum Gasteiger partial charge on any atom is -0.350 e. The highest BCUT2D eigenvalue weighted by atomic mass is 35.5. The summed E-state index contributed by atoms with van der Waals surface area (Å²) in [5.41, 5.74) is 0.920. The molecular weight excluding hydrogens is 408 g/mol. The van der Waals surface area contributed by atoms with E-state index in [1.165, 1.54) is 20.3 Å². The van der Waals surface area contributed by atoms with Crippen molar-refractivity contribution in [2.75, 3.05) is 13.1 Å². The van der Waals surface area contributed by atoms with Gasteiger partial charge in [0.05, 0.1) is 22.3 Å². The van der Waals surface area contributed by atoms with Gasteiger partial charge in [-0.3, -0.25) is 9.48 Å². The second kappa shape index (κ2) is 8.30. The van der Waals surface area contributed by atoms with Gasteiger partial charge in [-0.1, -0.05) is 18.0 Å². The minimum atomic E-state index is -3.59. The number of sulfonamides is 1. The smallest absolute Gasteiger partial charge is 0.246 e. The zero-order valence-corrected chi connectivity index (χ0v) is 17.8. The van der Waals surface area contributed by atoms with Gasteiger partial charge in [-0.15, -0.1) is 11.3 Å². The van der Waals surface area contributed by atoms with Crippen LogP contribution < -0.4 is 5.32 Å². The Hall–Kier alpha value is -1.42. The molecule has 0 bridgehead atoms. The van der Waals surface area contributed by atoms with Gasteiger partial charge in [-0.25, -0.2) is 8.42 Å². The van der Waals surface area contributed by atoms with E-state index < -0.39 is 10.0 Å². The van der Waals surface area contributed by atoms with Crippen LogP contribution in [0.2, 0.25) is 4.34 Å². The Balaban J connectivity index is 1.72. The fourth-order valence-corrected chi connectivity index (χ4v) is 6.18. The Bertz CT molecular complexity index is 930. The summed E-state index contributed by atoms with van der Waals surface area (Å²) in [5, 5.41) is 7.11. The summed E-state index contributed by atoms with van der Waals surface area (Å²) in [4.78, 5) is 13.4. The van der Waals surface area contributed by atoms with Gasteiger partial charge in [0.2, 0.25) is 15.9 Å². The van der Waals surface area contributed by atoms with Crippen LogP contribution in [-0.2, 0) is 27.9 Å². The number of aryl methyl sites for hydroxylation is 1. The Morgan fingerprint density at radius 1 is 1.26 bits per heavy atom. The lowest BCUT2D eigenvalue weighted by molar-refractivity contribution is -0.122. The molecule has 1 saturated heterocycles. The molecule has 1 amide bonds. The minimum absolute atomic E-state index is 0.0265. The normalized spacial score (nSPS) is 15.8. The van der Waals surface area contributed by atoms with E-state index in [1.54, 1.807) is 19.9 Å². The first-order valence-electron chi connectivity index (χ1n) is 8.84. The Labute approximate surface area is 168 Å². The summed E-state index contributed by atoms with van der Waals surface area (Å²) in [6.07, 6.45) is 2.81. The fraction of sp³-hybridized carbons (Fsp3) is 0.529. The summed E-state index contributed by atoms with van der Waals surface area (Å²) in [7, 11) is -3.59. The van der Waals surface area contributed by atoms with Crippen LogP contribution in [0.1, 0.15) is 35.5 Å². The molecular formula is C17H23ClN4O3S2. The second-order valence-corrected chi connectivity index (χ2v) is 10.3. The maximum atomic E-state index is 13.0. The molecule has 2 aromatic heterocycles. The Kier molecular flexibility index (Phi) is 6.25. The molecule has 2 aromatic rings. The number of thiophene rings is 1. The first kappa shape index (κ1) is 20.3. The molecule has 0 aromatic carbocycles. The van der Waals surface area contributed by atoms with Crippen LogP contribution in [0.25, 0.3) is 0 Å². The highest BCUT2D eigenvalue weighted by Gasteiger charge is 2.31. The number of carbonyl (C=O) groups is 1. The molecule has 10 heteroatoms. The molecule has 27 heavy (non-hydrogen) atoms. The van der Waals surface area contributed by atoms with Gasteiger partial charge < -0.3 is 5.32 Å². The number of hydrogen-bond acceptors (Lipinski definition) is 5. The van der Waals surface area contributed by atoms with Crippen LogP contribution in [0.15, 0.2) is 17.0 Å². The average molecular weight is 431 g/mol. The molecule has 3 rings (SSSR count). The standard InChI is InChI=1S/C17H23ClN4O3S2/c1-12-17(27(24,25)21-8-4-3-5-9-21)13(2)22(20-12)11-16(23)19-10-14-6-7-15(18)26-14/h6-7H,3-5,8-11H2,1-2H3,(H,19,23). The van der Waals surface area contributed by atoms with Crippen LogP contribution in [0.5, 0.6) is 0 Å². The molecule has 1 N–H and O–H groups in total. The fourth-order valence-electron chi connectivity index (χ4n) is 3.27. The molecule has 3 heterocycles. The van der Waals surface area contributed by atoms with Crippen molar-refractivity contribution in [3.63, 3.8) is 0 Å². The van der Waals surface area contributed by atoms with E-state index in [-0.39, 0.29) is 17.3 Å². The maximum Gasteiger partial charge on any atom is 0.246 e. The topological polar surface area (TPSA) is 84.3 Å². The van der Waals surface area contributed by atoms with E-state index in [9.17, 15) is 13.2 Å². The maximum absolute atomic E-state index is 13.0. The molecule has 0 aliphatic carbocycles. The van der Waals surface area contributed by atoms with Gasteiger partial charge in [0.25, 0.3) is 0 Å². The Morgan fingerprint density at radius 2 is 1.96 bits per heavy atom. The summed E-state index contributed by atoms with van der Waals surface area (Å²) in [5.74, 6) is -0.230. The van der Waals surface area contributed by atoms with Gasteiger partial charge in [-0.2, -0.15) is 9.40 Å². The van der Waals surface area contributed by atoms with Crippen molar-refractivity contribution in [3.05, 3.63) is 32.7 Å². The predicted octanol–water partition coefficient (Wildman–Crippen LogP) is 2.71. The van der Waals surface area contributed by atoms with Crippen molar-refractivity contribution < 1.29 is 13.2 Å². The van der Waals surface area contributed by atoms with E-state index in [1.807, 2.05) is 6.07 Å². The number of piperidine rings is 1. The van der Waals surface area contributed by atoms with Crippen LogP contribution in [0.4, 0.5) is 0 Å². The molecule has 1 aliphatic rings. The van der Waals surface area contributed by atoms with Crippen LogP contribution in [0, 0.1) is 13.8 Å². The van der Waals surface area contributed by atoms with Crippen LogP contribution in [0.3, 0.4) is 0 Å². The summed E-state index contributed by atoms with van der Waals surface area (Å²) in [6.45, 7) is 4.80. The quantitative estimate of drug-likeness (QED) is 0.763. The first-order chi connectivity index (χ1) is 12.8. The number of hydrogen-bond donors (Lipinski definition) is 1. The van der Waals surface area contributed by atoms with E-state index in [0.29, 0.717) is 35.4 Å². The summed E-state index contributed by atoms with van der Waals surface area (Å²) in [6, 6.07) is 3.65. The lowest BCUT2D eigenvalue weighted by Gasteiger charge is -2.25. The number of halogens is 1. The third-order valence-electron chi connectivity index (χ3n) is 4.61. The number of rotatable bonds is 6. The van der Waals surface area contributed by atoms with Crippen molar-refractivity contribution in [1.29, 1.82) is 0 Å². The number of amides is 1. The number of nitrogens with zero attached hydrogens (tertiary/aromatic N) is 3. The van der Waals surface area contributed by atoms with Gasteiger partial charge in [-0.05, 0) is 38.8 Å². The highest BCUT2D eigenvalue weighted by Crippen LogP contribution is 2.26. The number of carbonyl (C=O) groups excluding carboxylic acids is 1. The molecule has 1 aliphatic heterocycles. The van der Waals surface area contributed by atoms with Gasteiger partial charge >= 0.3 is 0 Å². The van der Waals surface area contributed by atoms with Crippen molar-refractivity contribution in [3.8, 4) is 0 Å². The van der Waals surface area contributed by atoms with Crippen molar-refractivity contribution in [1.82, 2.24) is 19.4 Å². The molecule has 0 saturated carbocycles.